The zero-order valence-corrected chi connectivity index (χ0v) is 10.2. The molecule has 84 valence electrons. The summed E-state index contributed by atoms with van der Waals surface area (Å²) < 4.78 is 0. The van der Waals surface area contributed by atoms with Crippen LogP contribution in [0.3, 0.4) is 0 Å². The fraction of sp³-hybridized carbons (Fsp3) is 0.571. The lowest BCUT2D eigenvalue weighted by Gasteiger charge is -2.22. The third-order valence-electron chi connectivity index (χ3n) is 2.91. The molecule has 0 saturated heterocycles. The van der Waals surface area contributed by atoms with Crippen LogP contribution < -0.4 is 0 Å². The topological polar surface area (TPSA) is 20.2 Å². The van der Waals surface area contributed by atoms with Crippen LogP contribution in [0.4, 0.5) is 0 Å². The van der Waals surface area contributed by atoms with Gasteiger partial charge in [0.25, 0.3) is 0 Å². The van der Waals surface area contributed by atoms with Gasteiger partial charge in [0.1, 0.15) is 0 Å². The van der Waals surface area contributed by atoms with Gasteiger partial charge >= 0.3 is 0 Å². The average molecular weight is 206 g/mol. The van der Waals surface area contributed by atoms with E-state index in [9.17, 15) is 5.11 Å². The molecule has 1 N–H and O–H groups in total. The van der Waals surface area contributed by atoms with E-state index in [1.54, 1.807) is 0 Å². The van der Waals surface area contributed by atoms with Crippen LogP contribution in [0.1, 0.15) is 45.2 Å². The molecule has 0 radical (unpaired) electrons. The molecule has 0 amide bonds. The van der Waals surface area contributed by atoms with Gasteiger partial charge in [0, 0.05) is 0 Å². The van der Waals surface area contributed by atoms with Gasteiger partial charge in [0.05, 0.1) is 5.60 Å². The summed E-state index contributed by atoms with van der Waals surface area (Å²) in [5.41, 5.74) is 1.68. The minimum Gasteiger partial charge on any atom is -0.385 e. The molecule has 0 spiro atoms. The first-order chi connectivity index (χ1) is 6.95. The molecule has 1 atom stereocenters. The Bertz CT molecular complexity index is 296. The number of hydrogen-bond donors (Lipinski definition) is 1. The van der Waals surface area contributed by atoms with E-state index in [0.717, 1.165) is 18.4 Å². The van der Waals surface area contributed by atoms with Crippen molar-refractivity contribution in [1.29, 1.82) is 0 Å². The van der Waals surface area contributed by atoms with Gasteiger partial charge in [-0.3, -0.25) is 0 Å². The lowest BCUT2D eigenvalue weighted by molar-refractivity contribution is 0.0531. The van der Waals surface area contributed by atoms with Crippen LogP contribution in [0.5, 0.6) is 0 Å². The lowest BCUT2D eigenvalue weighted by atomic mass is 9.91. The molecular weight excluding hydrogens is 184 g/mol. The van der Waals surface area contributed by atoms with Crippen LogP contribution in [0, 0.1) is 5.92 Å². The van der Waals surface area contributed by atoms with Crippen LogP contribution in [-0.2, 0) is 12.0 Å². The quantitative estimate of drug-likeness (QED) is 0.799. The first-order valence-corrected chi connectivity index (χ1v) is 5.77. The number of benzene rings is 1. The molecule has 0 aromatic heterocycles. The van der Waals surface area contributed by atoms with Gasteiger partial charge in [0.15, 0.2) is 0 Å². The Labute approximate surface area is 93.1 Å². The average Bonchev–Trinajstić information content (AvgIpc) is 2.18. The predicted molar refractivity (Wildman–Crippen MR) is 64.8 cm³/mol. The SMILES string of the molecule is CC[C@](C)(O)c1ccc(CC(C)C)cc1. The summed E-state index contributed by atoms with van der Waals surface area (Å²) in [6.45, 7) is 8.30. The molecule has 0 aliphatic rings. The molecular formula is C14H22O. The zero-order valence-electron chi connectivity index (χ0n) is 10.2. The second kappa shape index (κ2) is 4.80. The van der Waals surface area contributed by atoms with Gasteiger partial charge in [-0.15, -0.1) is 0 Å². The first kappa shape index (κ1) is 12.3. The Kier molecular flexibility index (Phi) is 3.92. The Balaban J connectivity index is 2.81. The van der Waals surface area contributed by atoms with E-state index in [1.165, 1.54) is 5.56 Å². The van der Waals surface area contributed by atoms with Gasteiger partial charge < -0.3 is 5.11 Å². The minimum absolute atomic E-state index is 0.683. The van der Waals surface area contributed by atoms with Crippen molar-refractivity contribution in [3.8, 4) is 0 Å². The van der Waals surface area contributed by atoms with Crippen LogP contribution in [-0.4, -0.2) is 5.11 Å². The van der Waals surface area contributed by atoms with Gasteiger partial charge in [-0.2, -0.15) is 0 Å². The van der Waals surface area contributed by atoms with Crippen LogP contribution in [0.15, 0.2) is 24.3 Å². The van der Waals surface area contributed by atoms with E-state index < -0.39 is 5.60 Å². The molecule has 0 saturated carbocycles. The summed E-state index contributed by atoms with van der Waals surface area (Å²) in [5, 5.41) is 10.1. The second-order valence-electron chi connectivity index (χ2n) is 4.92. The van der Waals surface area contributed by atoms with Crippen LogP contribution >= 0.6 is 0 Å². The van der Waals surface area contributed by atoms with E-state index in [4.69, 9.17) is 0 Å². The Hall–Kier alpha value is -0.820. The Morgan fingerprint density at radius 2 is 1.73 bits per heavy atom. The smallest absolute Gasteiger partial charge is 0.0865 e. The van der Waals surface area contributed by atoms with E-state index in [0.29, 0.717) is 5.92 Å². The molecule has 0 aliphatic carbocycles. The molecule has 1 rings (SSSR count). The molecule has 0 aliphatic heterocycles. The molecule has 15 heavy (non-hydrogen) atoms. The highest BCUT2D eigenvalue weighted by Gasteiger charge is 2.19. The fourth-order valence-electron chi connectivity index (χ4n) is 1.68. The number of aliphatic hydroxyl groups is 1. The Morgan fingerprint density at radius 1 is 1.20 bits per heavy atom. The number of hydrogen-bond acceptors (Lipinski definition) is 1. The molecule has 1 nitrogen and oxygen atoms in total. The standard InChI is InChI=1S/C14H22O/c1-5-14(4,15)13-8-6-12(7-9-13)10-11(2)3/h6-9,11,15H,5,10H2,1-4H3/t14-/m0/s1. The summed E-state index contributed by atoms with van der Waals surface area (Å²) in [6, 6.07) is 8.33. The molecule has 0 unspecified atom stereocenters. The van der Waals surface area contributed by atoms with Crippen molar-refractivity contribution in [2.45, 2.75) is 46.1 Å². The van der Waals surface area contributed by atoms with E-state index >= 15 is 0 Å². The fourth-order valence-corrected chi connectivity index (χ4v) is 1.68. The lowest BCUT2D eigenvalue weighted by Crippen LogP contribution is -2.19. The van der Waals surface area contributed by atoms with Crippen molar-refractivity contribution in [2.24, 2.45) is 5.92 Å². The minimum atomic E-state index is -0.684. The molecule has 1 aromatic carbocycles. The van der Waals surface area contributed by atoms with Gasteiger partial charge in [0.2, 0.25) is 0 Å². The second-order valence-corrected chi connectivity index (χ2v) is 4.92. The maximum absolute atomic E-state index is 10.1. The van der Waals surface area contributed by atoms with E-state index in [1.807, 2.05) is 26.0 Å². The summed E-state index contributed by atoms with van der Waals surface area (Å²) >= 11 is 0. The Morgan fingerprint density at radius 3 is 2.13 bits per heavy atom. The zero-order chi connectivity index (χ0) is 11.5. The summed E-state index contributed by atoms with van der Waals surface area (Å²) in [7, 11) is 0. The highest BCUT2D eigenvalue weighted by atomic mass is 16.3. The van der Waals surface area contributed by atoms with Crippen molar-refractivity contribution in [3.05, 3.63) is 35.4 Å². The van der Waals surface area contributed by atoms with Gasteiger partial charge in [-0.25, -0.2) is 0 Å². The molecule has 0 heterocycles. The normalized spacial score (nSPS) is 15.3. The highest BCUT2D eigenvalue weighted by Crippen LogP contribution is 2.24. The van der Waals surface area contributed by atoms with Crippen molar-refractivity contribution < 1.29 is 5.11 Å². The van der Waals surface area contributed by atoms with Crippen molar-refractivity contribution >= 4 is 0 Å². The largest absolute Gasteiger partial charge is 0.385 e. The third kappa shape index (κ3) is 3.35. The third-order valence-corrected chi connectivity index (χ3v) is 2.91. The molecule has 0 bridgehead atoms. The summed E-state index contributed by atoms with van der Waals surface area (Å²) in [4.78, 5) is 0. The van der Waals surface area contributed by atoms with Crippen molar-refractivity contribution in [1.82, 2.24) is 0 Å². The first-order valence-electron chi connectivity index (χ1n) is 5.77. The van der Waals surface area contributed by atoms with Gasteiger partial charge in [-0.1, -0.05) is 45.0 Å². The van der Waals surface area contributed by atoms with Crippen LogP contribution in [0.25, 0.3) is 0 Å². The van der Waals surface area contributed by atoms with Crippen molar-refractivity contribution in [2.75, 3.05) is 0 Å². The highest BCUT2D eigenvalue weighted by molar-refractivity contribution is 5.26. The summed E-state index contributed by atoms with van der Waals surface area (Å²) in [5.74, 6) is 0.683. The number of rotatable bonds is 4. The van der Waals surface area contributed by atoms with E-state index in [-0.39, 0.29) is 0 Å². The van der Waals surface area contributed by atoms with Crippen LogP contribution in [0.2, 0.25) is 0 Å². The maximum atomic E-state index is 10.1. The molecule has 1 heteroatoms. The maximum Gasteiger partial charge on any atom is 0.0865 e. The predicted octanol–water partition coefficient (Wildman–Crippen LogP) is 3.50. The monoisotopic (exact) mass is 206 g/mol. The summed E-state index contributed by atoms with van der Waals surface area (Å²) in [6.07, 6.45) is 1.85. The van der Waals surface area contributed by atoms with Crippen molar-refractivity contribution in [3.63, 3.8) is 0 Å². The van der Waals surface area contributed by atoms with Gasteiger partial charge in [-0.05, 0) is 36.8 Å². The molecule has 0 fully saturated rings. The molecule has 1 aromatic rings. The van der Waals surface area contributed by atoms with E-state index in [2.05, 4.69) is 26.0 Å².